The number of rotatable bonds is 1. The summed E-state index contributed by atoms with van der Waals surface area (Å²) in [6.45, 7) is 0. The first-order valence-corrected chi connectivity index (χ1v) is 2.97. The third kappa shape index (κ3) is 2.51. The number of hydrogen-bond acceptors (Lipinski definition) is 2. The van der Waals surface area contributed by atoms with Crippen molar-refractivity contribution in [2.45, 2.75) is 0 Å². The van der Waals surface area contributed by atoms with Crippen molar-refractivity contribution in [3.05, 3.63) is 35.4 Å². The number of carbonyl (C=O) groups is 1. The van der Waals surface area contributed by atoms with Gasteiger partial charge < -0.3 is 5.11 Å². The number of carboxylic acids is 1. The van der Waals surface area contributed by atoms with Crippen LogP contribution in [0.3, 0.4) is 0 Å². The average Bonchev–Trinajstić information content (AvgIpc) is 2.05. The minimum Gasteiger partial charge on any atom is -0.478 e. The maximum atomic E-state index is 10.4. The van der Waals surface area contributed by atoms with E-state index >= 15 is 0 Å². The Kier molecular flexibility index (Phi) is 4.30. The van der Waals surface area contributed by atoms with Crippen molar-refractivity contribution in [1.29, 1.82) is 5.26 Å². The molecule has 0 unspecified atom stereocenters. The van der Waals surface area contributed by atoms with E-state index in [0.29, 0.717) is 5.56 Å². The molecule has 0 fully saturated rings. The summed E-state index contributed by atoms with van der Waals surface area (Å²) in [5.74, 6) is -1.01. The van der Waals surface area contributed by atoms with E-state index in [1.807, 2.05) is 6.07 Å². The molecule has 0 aromatic heterocycles. The van der Waals surface area contributed by atoms with Gasteiger partial charge in [-0.1, -0.05) is 6.07 Å². The second-order valence-electron chi connectivity index (χ2n) is 2.00. The van der Waals surface area contributed by atoms with Crippen molar-refractivity contribution < 1.29 is 32.3 Å². The van der Waals surface area contributed by atoms with E-state index in [0.717, 1.165) is 0 Å². The number of carboxylic acid groups (broad SMARTS) is 1. The fourth-order valence-electron chi connectivity index (χ4n) is 0.722. The molecule has 0 saturated heterocycles. The molecule has 0 aliphatic carbocycles. The van der Waals surface area contributed by atoms with Crippen LogP contribution in [0.4, 0.5) is 0 Å². The van der Waals surface area contributed by atoms with E-state index in [4.69, 9.17) is 10.4 Å². The first-order chi connectivity index (χ1) is 5.24. The zero-order valence-corrected chi connectivity index (χ0v) is 7.40. The Balaban J connectivity index is 0.00000121. The van der Waals surface area contributed by atoms with E-state index in [1.54, 1.807) is 12.1 Å². The Morgan fingerprint density at radius 3 is 2.67 bits per heavy atom. The van der Waals surface area contributed by atoms with E-state index < -0.39 is 5.97 Å². The van der Waals surface area contributed by atoms with Gasteiger partial charge in [-0.3, -0.25) is 0 Å². The molecule has 1 radical (unpaired) electrons. The molecule has 1 N–H and O–H groups in total. The molecule has 1 aromatic rings. The van der Waals surface area contributed by atoms with Gasteiger partial charge in [-0.15, -0.1) is 0 Å². The van der Waals surface area contributed by atoms with Crippen molar-refractivity contribution in [1.82, 2.24) is 0 Å². The Labute approximate surface area is 85.1 Å². The number of nitriles is 1. The summed E-state index contributed by atoms with van der Waals surface area (Å²) in [5.41, 5.74) is 0.508. The maximum absolute atomic E-state index is 10.4. The minimum absolute atomic E-state index is 0. The molecule has 0 aliphatic heterocycles. The zero-order chi connectivity index (χ0) is 8.27. The van der Waals surface area contributed by atoms with Gasteiger partial charge in [0.2, 0.25) is 0 Å². The van der Waals surface area contributed by atoms with Gasteiger partial charge in [-0.05, 0) is 18.2 Å². The molecule has 1 rings (SSSR count). The van der Waals surface area contributed by atoms with Crippen LogP contribution >= 0.6 is 0 Å². The molecule has 0 aliphatic rings. The van der Waals surface area contributed by atoms with Gasteiger partial charge in [0.1, 0.15) is 0 Å². The molecule has 65 valence electrons. The molecule has 0 bridgehead atoms. The molecule has 0 heterocycles. The summed E-state index contributed by atoms with van der Waals surface area (Å²) in [4.78, 5) is 10.4. The minimum atomic E-state index is -1.01. The first-order valence-electron chi connectivity index (χ1n) is 2.97. The molecule has 12 heavy (non-hydrogen) atoms. The number of nitrogens with zero attached hydrogens (tertiary/aromatic N) is 1. The predicted molar refractivity (Wildman–Crippen MR) is 38.1 cm³/mol. The number of aromatic carboxylic acids is 1. The van der Waals surface area contributed by atoms with Gasteiger partial charge in [-0.25, -0.2) is 4.79 Å². The van der Waals surface area contributed by atoms with Crippen molar-refractivity contribution in [2.75, 3.05) is 0 Å². The fourth-order valence-corrected chi connectivity index (χ4v) is 0.722. The van der Waals surface area contributed by atoms with Gasteiger partial charge in [0, 0.05) is 22.4 Å². The van der Waals surface area contributed by atoms with Crippen molar-refractivity contribution in [2.24, 2.45) is 0 Å². The SMILES string of the molecule is N#Cc1cccc(C(=O)O)c1.[Ag]. The summed E-state index contributed by atoms with van der Waals surface area (Å²) in [6.07, 6.45) is 0. The van der Waals surface area contributed by atoms with Crippen LogP contribution in [-0.2, 0) is 22.4 Å². The van der Waals surface area contributed by atoms with Gasteiger partial charge in [0.05, 0.1) is 17.2 Å². The molecule has 0 saturated carbocycles. The summed E-state index contributed by atoms with van der Waals surface area (Å²) in [6, 6.07) is 7.75. The Bertz CT molecular complexity index is 330. The molecule has 1 aromatic carbocycles. The monoisotopic (exact) mass is 254 g/mol. The summed E-state index contributed by atoms with van der Waals surface area (Å²) in [7, 11) is 0. The maximum Gasteiger partial charge on any atom is 0.335 e. The third-order valence-corrected chi connectivity index (χ3v) is 1.24. The van der Waals surface area contributed by atoms with Gasteiger partial charge in [0.15, 0.2) is 0 Å². The molecule has 3 nitrogen and oxygen atoms in total. The third-order valence-electron chi connectivity index (χ3n) is 1.24. The van der Waals surface area contributed by atoms with E-state index in [9.17, 15) is 4.79 Å². The Hall–Kier alpha value is -1.08. The molecule has 0 atom stereocenters. The van der Waals surface area contributed by atoms with Gasteiger partial charge in [-0.2, -0.15) is 5.26 Å². The quantitative estimate of drug-likeness (QED) is 0.768. The van der Waals surface area contributed by atoms with Crippen molar-refractivity contribution in [3.63, 3.8) is 0 Å². The van der Waals surface area contributed by atoms with E-state index in [-0.39, 0.29) is 27.9 Å². The zero-order valence-electron chi connectivity index (χ0n) is 5.91. The van der Waals surface area contributed by atoms with Crippen LogP contribution in [0.25, 0.3) is 0 Å². The second-order valence-corrected chi connectivity index (χ2v) is 2.00. The summed E-state index contributed by atoms with van der Waals surface area (Å²) >= 11 is 0. The van der Waals surface area contributed by atoms with Gasteiger partial charge >= 0.3 is 5.97 Å². The van der Waals surface area contributed by atoms with Crippen molar-refractivity contribution >= 4 is 5.97 Å². The topological polar surface area (TPSA) is 61.1 Å². The van der Waals surface area contributed by atoms with Crippen molar-refractivity contribution in [3.8, 4) is 6.07 Å². The summed E-state index contributed by atoms with van der Waals surface area (Å²) < 4.78 is 0. The average molecular weight is 255 g/mol. The molecule has 0 spiro atoms. The van der Waals surface area contributed by atoms with Crippen LogP contribution in [0.1, 0.15) is 15.9 Å². The van der Waals surface area contributed by atoms with E-state index in [2.05, 4.69) is 0 Å². The normalized spacial score (nSPS) is 7.92. The summed E-state index contributed by atoms with van der Waals surface area (Å²) in [5, 5.41) is 16.9. The van der Waals surface area contributed by atoms with Crippen LogP contribution < -0.4 is 0 Å². The van der Waals surface area contributed by atoms with Crippen LogP contribution in [0.15, 0.2) is 24.3 Å². The molecule has 0 amide bonds. The van der Waals surface area contributed by atoms with E-state index in [1.165, 1.54) is 12.1 Å². The Morgan fingerprint density at radius 1 is 1.50 bits per heavy atom. The molecule has 4 heteroatoms. The van der Waals surface area contributed by atoms with Crippen LogP contribution in [0.2, 0.25) is 0 Å². The Morgan fingerprint density at radius 2 is 2.17 bits per heavy atom. The molecular formula is C8H5AgNO2. The largest absolute Gasteiger partial charge is 0.478 e. The number of benzene rings is 1. The van der Waals surface area contributed by atoms with Crippen LogP contribution in [0.5, 0.6) is 0 Å². The van der Waals surface area contributed by atoms with Crippen LogP contribution in [0, 0.1) is 11.3 Å². The van der Waals surface area contributed by atoms with Crippen LogP contribution in [-0.4, -0.2) is 11.1 Å². The first kappa shape index (κ1) is 10.9. The smallest absolute Gasteiger partial charge is 0.335 e. The predicted octanol–water partition coefficient (Wildman–Crippen LogP) is 1.25. The second kappa shape index (κ2) is 4.73. The fraction of sp³-hybridized carbons (Fsp3) is 0. The molecular weight excluding hydrogens is 250 g/mol. The number of hydrogen-bond donors (Lipinski definition) is 1. The standard InChI is InChI=1S/C8H5NO2.Ag/c9-5-6-2-1-3-7(4-6)8(10)11;/h1-4H,(H,10,11);. The van der Waals surface area contributed by atoms with Gasteiger partial charge in [0.25, 0.3) is 0 Å².